The number of hydrogen-bond acceptors (Lipinski definition) is 5. The number of ether oxygens (including phenoxy) is 3. The van der Waals surface area contributed by atoms with E-state index in [4.69, 9.17) is 14.2 Å². The molecule has 0 aliphatic heterocycles. The van der Waals surface area contributed by atoms with E-state index in [9.17, 15) is 22.8 Å². The van der Waals surface area contributed by atoms with Crippen LogP contribution in [0.5, 0.6) is 11.5 Å². The van der Waals surface area contributed by atoms with Crippen molar-refractivity contribution < 1.29 is 37.0 Å². The lowest BCUT2D eigenvalue weighted by Crippen LogP contribution is -2.30. The largest absolute Gasteiger partial charge is 0.497 e. The van der Waals surface area contributed by atoms with E-state index in [0.29, 0.717) is 22.4 Å². The highest BCUT2D eigenvalue weighted by Gasteiger charge is 2.30. The second kappa shape index (κ2) is 8.58. The molecule has 10 heteroatoms. The molecule has 0 aliphatic rings. The van der Waals surface area contributed by atoms with Gasteiger partial charge in [-0.1, -0.05) is 0 Å². The molecule has 0 aliphatic carbocycles. The van der Waals surface area contributed by atoms with E-state index in [-0.39, 0.29) is 11.4 Å². The van der Waals surface area contributed by atoms with E-state index in [1.54, 1.807) is 12.1 Å². The van der Waals surface area contributed by atoms with Crippen LogP contribution in [0, 0.1) is 0 Å². The molecule has 3 rings (SSSR count). The fraction of sp³-hybridized carbons (Fsp3) is 0.238. The van der Waals surface area contributed by atoms with Gasteiger partial charge in [0.25, 0.3) is 5.91 Å². The third kappa shape index (κ3) is 4.90. The van der Waals surface area contributed by atoms with Gasteiger partial charge in [0.05, 0.1) is 25.3 Å². The number of benzene rings is 2. The average molecular weight is 436 g/mol. The summed E-state index contributed by atoms with van der Waals surface area (Å²) < 4.78 is 53.5. The number of carbonyl (C=O) groups excluding carboxylic acids is 2. The predicted molar refractivity (Wildman–Crippen MR) is 106 cm³/mol. The van der Waals surface area contributed by atoms with Crippen LogP contribution in [0.25, 0.3) is 10.9 Å². The first-order valence-electron chi connectivity index (χ1n) is 9.06. The third-order valence-electron chi connectivity index (χ3n) is 4.47. The molecular weight excluding hydrogens is 417 g/mol. The number of methoxy groups -OCH3 is 2. The Kier molecular flexibility index (Phi) is 6.09. The highest BCUT2D eigenvalue weighted by molar-refractivity contribution is 6.00. The van der Waals surface area contributed by atoms with Crippen molar-refractivity contribution in [2.45, 2.75) is 19.2 Å². The summed E-state index contributed by atoms with van der Waals surface area (Å²) in [6.07, 6.45) is -5.67. The predicted octanol–water partition coefficient (Wildman–Crippen LogP) is 4.39. The molecule has 164 valence electrons. The summed E-state index contributed by atoms with van der Waals surface area (Å²) in [5, 5.41) is 3.05. The zero-order valence-corrected chi connectivity index (χ0v) is 16.8. The second-order valence-electron chi connectivity index (χ2n) is 6.59. The molecule has 1 aromatic heterocycles. The van der Waals surface area contributed by atoms with Gasteiger partial charge < -0.3 is 24.5 Å². The normalized spacial score (nSPS) is 12.3. The topological polar surface area (TPSA) is 89.7 Å². The van der Waals surface area contributed by atoms with Crippen LogP contribution in [0.15, 0.2) is 42.5 Å². The highest BCUT2D eigenvalue weighted by Crippen LogP contribution is 2.32. The van der Waals surface area contributed by atoms with E-state index in [1.165, 1.54) is 27.2 Å². The Hall–Kier alpha value is -3.69. The fourth-order valence-electron chi connectivity index (χ4n) is 2.84. The molecule has 1 amide bonds. The average Bonchev–Trinajstić information content (AvgIpc) is 3.17. The van der Waals surface area contributed by atoms with Gasteiger partial charge in [0.15, 0.2) is 6.10 Å². The molecule has 1 atom stereocenters. The number of H-pyrrole nitrogens is 1. The van der Waals surface area contributed by atoms with Crippen LogP contribution in [0.2, 0.25) is 0 Å². The molecule has 0 bridgehead atoms. The van der Waals surface area contributed by atoms with Gasteiger partial charge in [-0.2, -0.15) is 13.2 Å². The number of esters is 1. The van der Waals surface area contributed by atoms with E-state index in [1.807, 2.05) is 0 Å². The molecule has 0 fully saturated rings. The van der Waals surface area contributed by atoms with Crippen LogP contribution in [0.3, 0.4) is 0 Å². The Balaban J connectivity index is 1.69. The Morgan fingerprint density at radius 1 is 1.03 bits per heavy atom. The van der Waals surface area contributed by atoms with Gasteiger partial charge in [0.1, 0.15) is 17.2 Å². The minimum atomic E-state index is -4.47. The number of amides is 1. The number of alkyl halides is 3. The molecule has 0 saturated carbocycles. The van der Waals surface area contributed by atoms with Crippen molar-refractivity contribution in [3.8, 4) is 11.5 Å². The van der Waals surface area contributed by atoms with Crippen molar-refractivity contribution in [1.82, 2.24) is 4.98 Å². The molecule has 0 saturated heterocycles. The number of anilines is 1. The lowest BCUT2D eigenvalue weighted by molar-refractivity contribution is -0.137. The maximum atomic E-state index is 12.6. The van der Waals surface area contributed by atoms with E-state index >= 15 is 0 Å². The van der Waals surface area contributed by atoms with Crippen LogP contribution in [-0.4, -0.2) is 37.2 Å². The number of nitrogens with one attached hydrogen (secondary N) is 2. The monoisotopic (exact) mass is 436 g/mol. The zero-order chi connectivity index (χ0) is 22.8. The zero-order valence-electron chi connectivity index (χ0n) is 16.8. The summed E-state index contributed by atoms with van der Waals surface area (Å²) in [4.78, 5) is 27.6. The first-order valence-corrected chi connectivity index (χ1v) is 9.06. The van der Waals surface area contributed by atoms with Gasteiger partial charge in [-0.3, -0.25) is 4.79 Å². The lowest BCUT2D eigenvalue weighted by atomic mass is 10.2. The molecular formula is C21H19F3N2O5. The van der Waals surface area contributed by atoms with Crippen LogP contribution in [0.1, 0.15) is 23.0 Å². The number of hydrogen-bond donors (Lipinski definition) is 2. The first kappa shape index (κ1) is 22.0. The van der Waals surface area contributed by atoms with Crippen LogP contribution >= 0.6 is 0 Å². The van der Waals surface area contributed by atoms with Crippen molar-refractivity contribution in [1.29, 1.82) is 0 Å². The van der Waals surface area contributed by atoms with E-state index < -0.39 is 29.7 Å². The van der Waals surface area contributed by atoms with Crippen molar-refractivity contribution in [3.63, 3.8) is 0 Å². The van der Waals surface area contributed by atoms with Crippen LogP contribution in [0.4, 0.5) is 18.9 Å². The lowest BCUT2D eigenvalue weighted by Gasteiger charge is -2.13. The molecule has 31 heavy (non-hydrogen) atoms. The van der Waals surface area contributed by atoms with Crippen LogP contribution in [-0.2, 0) is 15.7 Å². The van der Waals surface area contributed by atoms with Gasteiger partial charge in [0.2, 0.25) is 0 Å². The van der Waals surface area contributed by atoms with Gasteiger partial charge in [0, 0.05) is 17.1 Å². The number of fused-ring (bicyclic) bond motifs is 1. The number of carbonyl (C=O) groups is 2. The quantitative estimate of drug-likeness (QED) is 0.560. The molecule has 3 aromatic rings. The molecule has 1 heterocycles. The molecule has 2 N–H and O–H groups in total. The van der Waals surface area contributed by atoms with Gasteiger partial charge in [-0.15, -0.1) is 0 Å². The number of halogens is 3. The summed E-state index contributed by atoms with van der Waals surface area (Å²) in [6, 6.07) is 8.80. The standard InChI is InChI=1S/C21H19F3N2O5/c1-11(19(27)25-14-6-4-13(5-7-14)21(22,23)24)31-20(28)16-9-12-8-15(29-2)10-17(30-3)18(12)26-16/h4-11,26H,1-3H3,(H,25,27). The van der Waals surface area contributed by atoms with Crippen LogP contribution < -0.4 is 14.8 Å². The number of aromatic nitrogens is 1. The smallest absolute Gasteiger partial charge is 0.416 e. The van der Waals surface area contributed by atoms with Gasteiger partial charge in [-0.05, 0) is 43.3 Å². The Morgan fingerprint density at radius 3 is 2.29 bits per heavy atom. The SMILES string of the molecule is COc1cc(OC)c2[nH]c(C(=O)OC(C)C(=O)Nc3ccc(C(F)(F)F)cc3)cc2c1. The molecule has 0 radical (unpaired) electrons. The summed E-state index contributed by atoms with van der Waals surface area (Å²) in [5.74, 6) is -0.482. The molecule has 2 aromatic carbocycles. The number of aromatic amines is 1. The maximum Gasteiger partial charge on any atom is 0.416 e. The highest BCUT2D eigenvalue weighted by atomic mass is 19.4. The Bertz CT molecular complexity index is 1110. The Morgan fingerprint density at radius 2 is 1.71 bits per heavy atom. The van der Waals surface area contributed by atoms with Crippen molar-refractivity contribution in [3.05, 3.63) is 53.7 Å². The number of rotatable bonds is 6. The maximum absolute atomic E-state index is 12.6. The summed E-state index contributed by atoms with van der Waals surface area (Å²) in [7, 11) is 2.97. The van der Waals surface area contributed by atoms with Gasteiger partial charge >= 0.3 is 12.1 Å². The molecule has 0 spiro atoms. The summed E-state index contributed by atoms with van der Waals surface area (Å²) >= 11 is 0. The molecule has 1 unspecified atom stereocenters. The van der Waals surface area contributed by atoms with Crippen molar-refractivity contribution in [2.24, 2.45) is 0 Å². The summed E-state index contributed by atoms with van der Waals surface area (Å²) in [5.41, 5.74) is -0.0490. The second-order valence-corrected chi connectivity index (χ2v) is 6.59. The fourth-order valence-corrected chi connectivity index (χ4v) is 2.84. The minimum Gasteiger partial charge on any atom is -0.497 e. The Labute approximate surface area is 175 Å². The van der Waals surface area contributed by atoms with Crippen molar-refractivity contribution in [2.75, 3.05) is 19.5 Å². The van der Waals surface area contributed by atoms with Crippen molar-refractivity contribution >= 4 is 28.5 Å². The van der Waals surface area contributed by atoms with Gasteiger partial charge in [-0.25, -0.2) is 4.79 Å². The first-order chi connectivity index (χ1) is 14.6. The molecule has 7 nitrogen and oxygen atoms in total. The third-order valence-corrected chi connectivity index (χ3v) is 4.47. The minimum absolute atomic E-state index is 0.0933. The van der Waals surface area contributed by atoms with E-state index in [2.05, 4.69) is 10.3 Å². The van der Waals surface area contributed by atoms with E-state index in [0.717, 1.165) is 24.3 Å². The summed E-state index contributed by atoms with van der Waals surface area (Å²) in [6.45, 7) is 1.35.